The highest BCUT2D eigenvalue weighted by Gasteiger charge is 2.27. The fourth-order valence-electron chi connectivity index (χ4n) is 2.24. The molecule has 2 rings (SSSR count). The third kappa shape index (κ3) is 4.12. The van der Waals surface area contributed by atoms with Gasteiger partial charge in [0.15, 0.2) is 0 Å². The van der Waals surface area contributed by atoms with E-state index in [4.69, 9.17) is 21.1 Å². The van der Waals surface area contributed by atoms with Gasteiger partial charge in [-0.2, -0.15) is 0 Å². The molecule has 1 fully saturated rings. The van der Waals surface area contributed by atoms with E-state index < -0.39 is 0 Å². The van der Waals surface area contributed by atoms with Gasteiger partial charge >= 0.3 is 0 Å². The Balaban J connectivity index is 1.80. The minimum atomic E-state index is 0.0149. The van der Waals surface area contributed by atoms with Crippen LogP contribution in [0.15, 0.2) is 24.3 Å². The second-order valence-corrected chi connectivity index (χ2v) is 5.22. The predicted octanol–water partition coefficient (Wildman–Crippen LogP) is 2.60. The second kappa shape index (κ2) is 7.50. The molecule has 0 N–H and O–H groups in total. The lowest BCUT2D eigenvalue weighted by Gasteiger charge is -2.23. The summed E-state index contributed by atoms with van der Waals surface area (Å²) in [7, 11) is 0. The van der Waals surface area contributed by atoms with Crippen LogP contribution in [0.25, 0.3) is 0 Å². The van der Waals surface area contributed by atoms with Crippen molar-refractivity contribution in [2.75, 3.05) is 32.9 Å². The van der Waals surface area contributed by atoms with Gasteiger partial charge in [0.05, 0.1) is 19.1 Å². The zero-order valence-electron chi connectivity index (χ0n) is 11.7. The van der Waals surface area contributed by atoms with Crippen LogP contribution in [0, 0.1) is 5.92 Å². The lowest BCUT2D eigenvalue weighted by Crippen LogP contribution is -2.38. The minimum Gasteiger partial charge on any atom is -0.492 e. The highest BCUT2D eigenvalue weighted by molar-refractivity contribution is 6.30. The van der Waals surface area contributed by atoms with Crippen molar-refractivity contribution in [3.8, 4) is 5.75 Å². The first-order chi connectivity index (χ1) is 9.70. The Bertz CT molecular complexity index is 446. The summed E-state index contributed by atoms with van der Waals surface area (Å²) in [6.07, 6.45) is 0.824. The van der Waals surface area contributed by atoms with Crippen LogP contribution in [0.3, 0.4) is 0 Å². The zero-order chi connectivity index (χ0) is 14.4. The van der Waals surface area contributed by atoms with Crippen LogP contribution in [-0.2, 0) is 9.53 Å². The van der Waals surface area contributed by atoms with E-state index >= 15 is 0 Å². The van der Waals surface area contributed by atoms with Gasteiger partial charge < -0.3 is 14.4 Å². The first-order valence-electron chi connectivity index (χ1n) is 6.95. The molecule has 5 heteroatoms. The molecule has 0 bridgehead atoms. The normalized spacial score (nSPS) is 18.0. The Morgan fingerprint density at radius 3 is 3.05 bits per heavy atom. The van der Waals surface area contributed by atoms with E-state index in [0.29, 0.717) is 37.9 Å². The monoisotopic (exact) mass is 297 g/mol. The number of hydrogen-bond acceptors (Lipinski definition) is 3. The number of likely N-dealkylation sites (N-methyl/N-ethyl adjacent to an activating group) is 1. The molecule has 1 aromatic rings. The smallest absolute Gasteiger partial charge is 0.228 e. The first kappa shape index (κ1) is 15.1. The minimum absolute atomic E-state index is 0.0149. The lowest BCUT2D eigenvalue weighted by molar-refractivity contribution is -0.135. The molecule has 0 unspecified atom stereocenters. The van der Waals surface area contributed by atoms with Gasteiger partial charge in [0.25, 0.3) is 0 Å². The highest BCUT2D eigenvalue weighted by Crippen LogP contribution is 2.18. The molecule has 0 spiro atoms. The molecule has 110 valence electrons. The van der Waals surface area contributed by atoms with Crippen molar-refractivity contribution in [3.05, 3.63) is 29.3 Å². The average molecular weight is 298 g/mol. The maximum atomic E-state index is 12.2. The number of benzene rings is 1. The predicted molar refractivity (Wildman–Crippen MR) is 78.1 cm³/mol. The number of rotatable bonds is 6. The molecule has 0 aromatic heterocycles. The van der Waals surface area contributed by atoms with Gasteiger partial charge in [-0.3, -0.25) is 4.79 Å². The molecule has 1 atom stereocenters. The van der Waals surface area contributed by atoms with Crippen molar-refractivity contribution in [2.24, 2.45) is 5.92 Å². The first-order valence-corrected chi connectivity index (χ1v) is 7.33. The Kier molecular flexibility index (Phi) is 5.68. The molecule has 1 saturated heterocycles. The molecule has 0 aliphatic carbocycles. The maximum Gasteiger partial charge on any atom is 0.228 e. The molecule has 1 heterocycles. The van der Waals surface area contributed by atoms with Crippen LogP contribution >= 0.6 is 11.6 Å². The number of nitrogens with zero attached hydrogens (tertiary/aromatic N) is 1. The fourth-order valence-corrected chi connectivity index (χ4v) is 2.42. The number of ether oxygens (including phenoxy) is 2. The van der Waals surface area contributed by atoms with Gasteiger partial charge in [-0.25, -0.2) is 0 Å². The number of amides is 1. The average Bonchev–Trinajstić information content (AvgIpc) is 2.97. The number of halogens is 1. The summed E-state index contributed by atoms with van der Waals surface area (Å²) in [6, 6.07) is 7.27. The number of carbonyl (C=O) groups excluding carboxylic acids is 1. The Hall–Kier alpha value is -1.26. The van der Waals surface area contributed by atoms with Crippen LogP contribution in [0.2, 0.25) is 5.02 Å². The van der Waals surface area contributed by atoms with E-state index in [9.17, 15) is 4.79 Å². The summed E-state index contributed by atoms with van der Waals surface area (Å²) in [4.78, 5) is 14.1. The van der Waals surface area contributed by atoms with Gasteiger partial charge in [0.2, 0.25) is 5.91 Å². The largest absolute Gasteiger partial charge is 0.492 e. The van der Waals surface area contributed by atoms with E-state index in [-0.39, 0.29) is 11.8 Å². The number of carbonyl (C=O) groups is 1. The zero-order valence-corrected chi connectivity index (χ0v) is 12.4. The number of hydrogen-bond donors (Lipinski definition) is 0. The Labute approximate surface area is 124 Å². The van der Waals surface area contributed by atoms with Crippen molar-refractivity contribution in [1.29, 1.82) is 0 Å². The molecule has 0 saturated carbocycles. The molecule has 1 aliphatic heterocycles. The summed E-state index contributed by atoms with van der Waals surface area (Å²) in [5.41, 5.74) is 0. The van der Waals surface area contributed by atoms with Crippen LogP contribution in [0.4, 0.5) is 0 Å². The van der Waals surface area contributed by atoms with E-state index in [2.05, 4.69) is 0 Å². The van der Waals surface area contributed by atoms with E-state index in [1.165, 1.54) is 0 Å². The standard InChI is InChI=1S/C15H20ClNO3/c1-2-17(15(18)12-6-8-19-11-12)7-9-20-14-5-3-4-13(16)10-14/h3-5,10,12H,2,6-9,11H2,1H3/t12-/m0/s1. The fraction of sp³-hybridized carbons (Fsp3) is 0.533. The Morgan fingerprint density at radius 1 is 1.55 bits per heavy atom. The SMILES string of the molecule is CCN(CCOc1cccc(Cl)c1)C(=O)[C@H]1CCOC1. The molecular weight excluding hydrogens is 278 g/mol. The van der Waals surface area contributed by atoms with Crippen molar-refractivity contribution in [3.63, 3.8) is 0 Å². The van der Waals surface area contributed by atoms with Crippen molar-refractivity contribution >= 4 is 17.5 Å². The van der Waals surface area contributed by atoms with Gasteiger partial charge in [0, 0.05) is 18.2 Å². The summed E-state index contributed by atoms with van der Waals surface area (Å²) in [6.45, 7) is 4.95. The summed E-state index contributed by atoms with van der Waals surface area (Å²) >= 11 is 5.89. The van der Waals surface area contributed by atoms with Crippen molar-refractivity contribution in [1.82, 2.24) is 4.90 Å². The molecule has 1 aliphatic rings. The maximum absolute atomic E-state index is 12.2. The van der Waals surface area contributed by atoms with Crippen LogP contribution < -0.4 is 4.74 Å². The molecule has 20 heavy (non-hydrogen) atoms. The highest BCUT2D eigenvalue weighted by atomic mass is 35.5. The van der Waals surface area contributed by atoms with Gasteiger partial charge in [-0.15, -0.1) is 0 Å². The Morgan fingerprint density at radius 2 is 2.40 bits per heavy atom. The third-order valence-electron chi connectivity index (χ3n) is 3.40. The van der Waals surface area contributed by atoms with Crippen molar-refractivity contribution in [2.45, 2.75) is 13.3 Å². The lowest BCUT2D eigenvalue weighted by atomic mass is 10.1. The summed E-state index contributed by atoms with van der Waals surface area (Å²) in [5, 5.41) is 0.647. The van der Waals surface area contributed by atoms with E-state index in [0.717, 1.165) is 12.2 Å². The summed E-state index contributed by atoms with van der Waals surface area (Å²) < 4.78 is 10.9. The molecule has 1 aromatic carbocycles. The van der Waals surface area contributed by atoms with Gasteiger partial charge in [0.1, 0.15) is 12.4 Å². The second-order valence-electron chi connectivity index (χ2n) is 4.78. The third-order valence-corrected chi connectivity index (χ3v) is 3.63. The molecule has 4 nitrogen and oxygen atoms in total. The van der Waals surface area contributed by atoms with E-state index in [1.807, 2.05) is 24.0 Å². The molecule has 1 amide bonds. The van der Waals surface area contributed by atoms with Crippen LogP contribution in [-0.4, -0.2) is 43.7 Å². The van der Waals surface area contributed by atoms with Gasteiger partial charge in [-0.05, 0) is 31.5 Å². The van der Waals surface area contributed by atoms with Crippen LogP contribution in [0.5, 0.6) is 5.75 Å². The van der Waals surface area contributed by atoms with Gasteiger partial charge in [-0.1, -0.05) is 17.7 Å². The molecular formula is C15H20ClNO3. The molecule has 0 radical (unpaired) electrons. The quantitative estimate of drug-likeness (QED) is 0.810. The van der Waals surface area contributed by atoms with E-state index in [1.54, 1.807) is 12.1 Å². The van der Waals surface area contributed by atoms with Crippen LogP contribution in [0.1, 0.15) is 13.3 Å². The summed E-state index contributed by atoms with van der Waals surface area (Å²) in [5.74, 6) is 0.908. The topological polar surface area (TPSA) is 38.8 Å². The van der Waals surface area contributed by atoms with Crippen molar-refractivity contribution < 1.29 is 14.3 Å².